The predicted molar refractivity (Wildman–Crippen MR) is 118 cm³/mol. The van der Waals surface area contributed by atoms with E-state index in [9.17, 15) is 4.79 Å². The maximum atomic E-state index is 11.4. The number of anilines is 1. The number of carbonyl (C=O) groups is 1. The molecule has 0 radical (unpaired) electrons. The average Bonchev–Trinajstić information content (AvgIpc) is 2.72. The molecule has 0 bridgehead atoms. The van der Waals surface area contributed by atoms with Crippen molar-refractivity contribution in [2.45, 2.75) is 45.1 Å². The summed E-state index contributed by atoms with van der Waals surface area (Å²) in [5.41, 5.74) is 2.08. The van der Waals surface area contributed by atoms with E-state index in [1.165, 1.54) is 19.3 Å². The number of nitrogens with one attached hydrogen (secondary N) is 2. The molecule has 0 atom stereocenters. The molecule has 1 aliphatic heterocycles. The van der Waals surface area contributed by atoms with Crippen LogP contribution in [-0.2, 0) is 0 Å². The second-order valence-electron chi connectivity index (χ2n) is 8.09. The summed E-state index contributed by atoms with van der Waals surface area (Å²) in [6.07, 6.45) is 5.87. The Balaban J connectivity index is 1.39. The Morgan fingerprint density at radius 2 is 1.75 bits per heavy atom. The zero-order valence-corrected chi connectivity index (χ0v) is 18.5. The van der Waals surface area contributed by atoms with Gasteiger partial charge in [-0.2, -0.15) is 0 Å². The molecule has 1 aromatic rings. The number of rotatable bonds is 5. The smallest absolute Gasteiger partial charge is 0.314 e. The van der Waals surface area contributed by atoms with Gasteiger partial charge in [-0.1, -0.05) is 29.3 Å². The van der Waals surface area contributed by atoms with Gasteiger partial charge in [0.15, 0.2) is 0 Å². The van der Waals surface area contributed by atoms with Gasteiger partial charge >= 0.3 is 6.03 Å². The standard InChI is InChI=1S/C21H32Cl2N4O/c1-15-3-8-18(20(23)19(15)22)27-13-11-26(12-14-27)10-9-16-4-6-17(7-5-16)25-21(28)24-2/h3,8,16-17H,4-7,9-14H2,1-2H3,(H2,24,25,28). The van der Waals surface area contributed by atoms with Gasteiger partial charge in [-0.3, -0.25) is 4.90 Å². The number of piperazine rings is 1. The largest absolute Gasteiger partial charge is 0.368 e. The van der Waals surface area contributed by atoms with Crippen LogP contribution in [0.5, 0.6) is 0 Å². The van der Waals surface area contributed by atoms with Crippen LogP contribution in [0.2, 0.25) is 10.0 Å². The quantitative estimate of drug-likeness (QED) is 0.737. The summed E-state index contributed by atoms with van der Waals surface area (Å²) in [6.45, 7) is 7.25. The molecule has 2 amide bonds. The minimum absolute atomic E-state index is 0.0590. The van der Waals surface area contributed by atoms with Crippen LogP contribution >= 0.6 is 23.2 Å². The van der Waals surface area contributed by atoms with Crippen LogP contribution < -0.4 is 15.5 Å². The van der Waals surface area contributed by atoms with Crippen molar-refractivity contribution in [3.05, 3.63) is 27.7 Å². The third kappa shape index (κ3) is 5.46. The van der Waals surface area contributed by atoms with Gasteiger partial charge in [0.25, 0.3) is 0 Å². The van der Waals surface area contributed by atoms with Crippen molar-refractivity contribution in [1.29, 1.82) is 0 Å². The molecule has 3 rings (SSSR count). The number of amides is 2. The molecule has 1 heterocycles. The SMILES string of the molecule is CNC(=O)NC1CCC(CCN2CCN(c3ccc(C)c(Cl)c3Cl)CC2)CC1. The van der Waals surface area contributed by atoms with Crippen LogP contribution in [0, 0.1) is 12.8 Å². The molecule has 1 aliphatic carbocycles. The Labute approximate surface area is 178 Å². The third-order valence-corrected chi connectivity index (χ3v) is 7.20. The van der Waals surface area contributed by atoms with Gasteiger partial charge in [0.1, 0.15) is 0 Å². The Kier molecular flexibility index (Phi) is 7.72. The Bertz CT molecular complexity index is 669. The molecule has 156 valence electrons. The maximum Gasteiger partial charge on any atom is 0.314 e. The third-order valence-electron chi connectivity index (χ3n) is 6.23. The summed E-state index contributed by atoms with van der Waals surface area (Å²) in [5.74, 6) is 0.783. The highest BCUT2D eigenvalue weighted by Gasteiger charge is 2.24. The molecule has 2 fully saturated rings. The Morgan fingerprint density at radius 1 is 1.07 bits per heavy atom. The number of carbonyl (C=O) groups excluding carboxylic acids is 1. The van der Waals surface area contributed by atoms with E-state index in [-0.39, 0.29) is 6.03 Å². The first-order valence-corrected chi connectivity index (χ1v) is 11.1. The van der Waals surface area contributed by atoms with Crippen LogP contribution in [0.1, 0.15) is 37.7 Å². The minimum Gasteiger partial charge on any atom is -0.368 e. The van der Waals surface area contributed by atoms with Crippen LogP contribution in [0.15, 0.2) is 12.1 Å². The normalized spacial score (nSPS) is 23.5. The van der Waals surface area contributed by atoms with Gasteiger partial charge in [-0.05, 0) is 63.1 Å². The highest BCUT2D eigenvalue weighted by atomic mass is 35.5. The molecule has 5 nitrogen and oxygen atoms in total. The van der Waals surface area contributed by atoms with Crippen molar-refractivity contribution in [2.24, 2.45) is 5.92 Å². The molecule has 0 unspecified atom stereocenters. The highest BCUT2D eigenvalue weighted by molar-refractivity contribution is 6.44. The van der Waals surface area contributed by atoms with Crippen molar-refractivity contribution < 1.29 is 4.79 Å². The summed E-state index contributed by atoms with van der Waals surface area (Å²) in [6, 6.07) is 4.41. The van der Waals surface area contributed by atoms with E-state index in [0.29, 0.717) is 16.1 Å². The number of nitrogens with zero attached hydrogens (tertiary/aromatic N) is 2. The van der Waals surface area contributed by atoms with Gasteiger partial charge in [0.05, 0.1) is 15.7 Å². The fraction of sp³-hybridized carbons (Fsp3) is 0.667. The average molecular weight is 427 g/mol. The molecule has 2 N–H and O–H groups in total. The van der Waals surface area contributed by atoms with E-state index in [0.717, 1.165) is 62.7 Å². The molecule has 0 spiro atoms. The highest BCUT2D eigenvalue weighted by Crippen LogP contribution is 2.35. The van der Waals surface area contributed by atoms with Gasteiger partial charge < -0.3 is 15.5 Å². The molecular weight excluding hydrogens is 395 g/mol. The van der Waals surface area contributed by atoms with Crippen LogP contribution in [0.25, 0.3) is 0 Å². The van der Waals surface area contributed by atoms with Crippen LogP contribution in [0.3, 0.4) is 0 Å². The predicted octanol–water partition coefficient (Wildman–Crippen LogP) is 4.30. The lowest BCUT2D eigenvalue weighted by Crippen LogP contribution is -2.47. The maximum absolute atomic E-state index is 11.4. The molecule has 1 saturated heterocycles. The second kappa shape index (κ2) is 10.0. The number of hydrogen-bond acceptors (Lipinski definition) is 3. The lowest BCUT2D eigenvalue weighted by molar-refractivity contribution is 0.206. The van der Waals surface area contributed by atoms with E-state index in [4.69, 9.17) is 23.2 Å². The number of aryl methyl sites for hydroxylation is 1. The van der Waals surface area contributed by atoms with Gasteiger partial charge in [-0.25, -0.2) is 4.79 Å². The van der Waals surface area contributed by atoms with E-state index in [2.05, 4.69) is 26.5 Å². The van der Waals surface area contributed by atoms with Crippen molar-refractivity contribution >= 4 is 34.9 Å². The first kappa shape index (κ1) is 21.5. The van der Waals surface area contributed by atoms with Crippen molar-refractivity contribution in [1.82, 2.24) is 15.5 Å². The molecule has 0 aromatic heterocycles. The van der Waals surface area contributed by atoms with Gasteiger partial charge in [0.2, 0.25) is 0 Å². The fourth-order valence-electron chi connectivity index (χ4n) is 4.31. The van der Waals surface area contributed by atoms with E-state index in [1.807, 2.05) is 13.0 Å². The van der Waals surface area contributed by atoms with Crippen molar-refractivity contribution in [3.63, 3.8) is 0 Å². The zero-order chi connectivity index (χ0) is 20.1. The fourth-order valence-corrected chi connectivity index (χ4v) is 4.80. The Morgan fingerprint density at radius 3 is 2.39 bits per heavy atom. The van der Waals surface area contributed by atoms with Gasteiger partial charge in [-0.15, -0.1) is 0 Å². The lowest BCUT2D eigenvalue weighted by atomic mass is 9.84. The van der Waals surface area contributed by atoms with Crippen LogP contribution in [0.4, 0.5) is 10.5 Å². The monoisotopic (exact) mass is 426 g/mol. The minimum atomic E-state index is -0.0590. The zero-order valence-electron chi connectivity index (χ0n) is 16.9. The number of halogens is 2. The second-order valence-corrected chi connectivity index (χ2v) is 8.84. The molecule has 1 aromatic carbocycles. The molecule has 2 aliphatic rings. The lowest BCUT2D eigenvalue weighted by Gasteiger charge is -2.37. The topological polar surface area (TPSA) is 47.6 Å². The summed E-state index contributed by atoms with van der Waals surface area (Å²) in [4.78, 5) is 16.3. The molecular formula is C21H32Cl2N4O. The summed E-state index contributed by atoms with van der Waals surface area (Å²) < 4.78 is 0. The summed E-state index contributed by atoms with van der Waals surface area (Å²) in [7, 11) is 1.67. The molecule has 28 heavy (non-hydrogen) atoms. The van der Waals surface area contributed by atoms with E-state index < -0.39 is 0 Å². The molecule has 7 heteroatoms. The van der Waals surface area contributed by atoms with Crippen LogP contribution in [-0.4, -0.2) is 56.7 Å². The first-order valence-electron chi connectivity index (χ1n) is 10.4. The summed E-state index contributed by atoms with van der Waals surface area (Å²) in [5, 5.41) is 7.03. The number of benzene rings is 1. The Hall–Kier alpha value is -1.17. The van der Waals surface area contributed by atoms with E-state index in [1.54, 1.807) is 7.05 Å². The van der Waals surface area contributed by atoms with Crippen molar-refractivity contribution in [3.8, 4) is 0 Å². The number of hydrogen-bond donors (Lipinski definition) is 2. The first-order chi connectivity index (χ1) is 13.5. The number of urea groups is 1. The van der Waals surface area contributed by atoms with E-state index >= 15 is 0 Å². The summed E-state index contributed by atoms with van der Waals surface area (Å²) >= 11 is 12.8. The molecule has 1 saturated carbocycles. The van der Waals surface area contributed by atoms with Gasteiger partial charge in [0, 0.05) is 39.3 Å². The van der Waals surface area contributed by atoms with Crippen molar-refractivity contribution in [2.75, 3.05) is 44.7 Å².